The molecule has 3 aromatic rings. The van der Waals surface area contributed by atoms with Gasteiger partial charge in [-0.25, -0.2) is 14.1 Å². The smallest absolute Gasteiger partial charge is 0.298 e. The van der Waals surface area contributed by atoms with Crippen LogP contribution in [0.3, 0.4) is 0 Å². The molecule has 0 unspecified atom stereocenters. The number of likely N-dealkylation sites (tertiary alicyclic amines) is 2. The quantitative estimate of drug-likeness (QED) is 0.540. The third kappa shape index (κ3) is 4.06. The van der Waals surface area contributed by atoms with Crippen molar-refractivity contribution >= 4 is 22.8 Å². The average molecular weight is 478 g/mol. The van der Waals surface area contributed by atoms with Gasteiger partial charge in [0.1, 0.15) is 23.6 Å². The fraction of sp³-hybridized carbons (Fsp3) is 0.375. The van der Waals surface area contributed by atoms with Crippen molar-refractivity contribution in [1.82, 2.24) is 29.1 Å². The van der Waals surface area contributed by atoms with E-state index in [0.29, 0.717) is 37.4 Å². The summed E-state index contributed by atoms with van der Waals surface area (Å²) in [4.78, 5) is 45.0. The Morgan fingerprint density at radius 1 is 1.20 bits per heavy atom. The summed E-state index contributed by atoms with van der Waals surface area (Å²) in [7, 11) is 0. The van der Waals surface area contributed by atoms with Crippen LogP contribution < -0.4 is 5.56 Å². The molecule has 2 saturated heterocycles. The summed E-state index contributed by atoms with van der Waals surface area (Å²) in [5, 5.41) is 15.6. The summed E-state index contributed by atoms with van der Waals surface area (Å²) in [5.74, 6) is 0.998. The van der Waals surface area contributed by atoms with Crippen LogP contribution in [0.1, 0.15) is 19.3 Å². The van der Waals surface area contributed by atoms with Crippen LogP contribution in [0.15, 0.2) is 41.6 Å². The third-order valence-electron chi connectivity index (χ3n) is 6.79. The molecule has 4 heterocycles. The van der Waals surface area contributed by atoms with Crippen LogP contribution in [0, 0.1) is 18.2 Å². The minimum Gasteiger partial charge on any atom is -0.388 e. The molecule has 1 aromatic carbocycles. The maximum Gasteiger partial charge on any atom is 0.298 e. The standard InChI is InChI=1S/C24H23FN6O4/c1-2-20(32)30-10-7-19(30)23(34)28-11-8-24(35,9-12-28)14-29-15-26-21-18(22(29)33)13-27-31(21)17-5-3-16(25)4-6-17/h1,3-6,13,15,19,35H,7-12,14H2/t19-/m0/s1. The summed E-state index contributed by atoms with van der Waals surface area (Å²) < 4.78 is 16.0. The number of amides is 2. The molecule has 10 nitrogen and oxygen atoms in total. The molecule has 35 heavy (non-hydrogen) atoms. The molecule has 2 amide bonds. The normalized spacial score (nSPS) is 19.3. The zero-order valence-electron chi connectivity index (χ0n) is 18.8. The molecule has 11 heteroatoms. The van der Waals surface area contributed by atoms with Crippen molar-refractivity contribution in [3.63, 3.8) is 0 Å². The van der Waals surface area contributed by atoms with Crippen LogP contribution in [-0.4, -0.2) is 77.3 Å². The fourth-order valence-corrected chi connectivity index (χ4v) is 4.63. The summed E-state index contributed by atoms with van der Waals surface area (Å²) in [6.07, 6.45) is 9.04. The van der Waals surface area contributed by atoms with E-state index in [4.69, 9.17) is 6.42 Å². The van der Waals surface area contributed by atoms with E-state index in [1.54, 1.807) is 4.90 Å². The number of fused-ring (bicyclic) bond motifs is 1. The predicted octanol–water partition coefficient (Wildman–Crippen LogP) is 0.309. The zero-order valence-corrected chi connectivity index (χ0v) is 18.8. The molecule has 0 spiro atoms. The van der Waals surface area contributed by atoms with E-state index in [-0.39, 0.29) is 42.1 Å². The summed E-state index contributed by atoms with van der Waals surface area (Å²) >= 11 is 0. The molecule has 2 aliphatic rings. The van der Waals surface area contributed by atoms with Crippen molar-refractivity contribution in [3.8, 4) is 18.0 Å². The van der Waals surface area contributed by atoms with Crippen LogP contribution in [0.4, 0.5) is 4.39 Å². The Morgan fingerprint density at radius 2 is 1.91 bits per heavy atom. The molecule has 5 rings (SSSR count). The van der Waals surface area contributed by atoms with Crippen LogP contribution >= 0.6 is 0 Å². The van der Waals surface area contributed by atoms with Crippen LogP contribution in [0.2, 0.25) is 0 Å². The highest BCUT2D eigenvalue weighted by Gasteiger charge is 2.42. The summed E-state index contributed by atoms with van der Waals surface area (Å²) in [6, 6.07) is 5.13. The van der Waals surface area contributed by atoms with Gasteiger partial charge in [0, 0.05) is 19.6 Å². The van der Waals surface area contributed by atoms with Gasteiger partial charge in [0.05, 0.1) is 24.0 Å². The molecule has 2 aliphatic heterocycles. The number of rotatable bonds is 4. The fourth-order valence-electron chi connectivity index (χ4n) is 4.63. The Hall–Kier alpha value is -4.04. The minimum absolute atomic E-state index is 0.0175. The predicted molar refractivity (Wildman–Crippen MR) is 123 cm³/mol. The lowest BCUT2D eigenvalue weighted by molar-refractivity contribution is -0.152. The van der Waals surface area contributed by atoms with Crippen molar-refractivity contribution in [2.75, 3.05) is 19.6 Å². The van der Waals surface area contributed by atoms with Crippen molar-refractivity contribution in [2.24, 2.45) is 0 Å². The maximum atomic E-state index is 13.2. The molecule has 2 fully saturated rings. The number of halogens is 1. The number of carbonyl (C=O) groups is 2. The van der Waals surface area contributed by atoms with Gasteiger partial charge in [0.25, 0.3) is 11.5 Å². The number of nitrogens with zero attached hydrogens (tertiary/aromatic N) is 6. The monoisotopic (exact) mass is 478 g/mol. The van der Waals surface area contributed by atoms with E-state index in [9.17, 15) is 23.9 Å². The Kier molecular flexibility index (Phi) is 5.61. The van der Waals surface area contributed by atoms with Crippen molar-refractivity contribution in [1.29, 1.82) is 0 Å². The number of piperidine rings is 1. The van der Waals surface area contributed by atoms with Gasteiger partial charge in [-0.15, -0.1) is 6.42 Å². The second kappa shape index (κ2) is 8.63. The topological polar surface area (TPSA) is 114 Å². The molecule has 0 radical (unpaired) electrons. The van der Waals surface area contributed by atoms with Gasteiger partial charge in [-0.1, -0.05) is 0 Å². The van der Waals surface area contributed by atoms with Crippen molar-refractivity contribution in [3.05, 3.63) is 53.0 Å². The number of hydrogen-bond acceptors (Lipinski definition) is 6. The lowest BCUT2D eigenvalue weighted by Crippen LogP contribution is -2.60. The Bertz CT molecular complexity index is 1400. The molecule has 0 aliphatic carbocycles. The highest BCUT2D eigenvalue weighted by Crippen LogP contribution is 2.27. The first-order chi connectivity index (χ1) is 16.8. The van der Waals surface area contributed by atoms with Crippen LogP contribution in [0.25, 0.3) is 16.7 Å². The van der Waals surface area contributed by atoms with Gasteiger partial charge in [0.15, 0.2) is 5.65 Å². The molecular weight excluding hydrogens is 455 g/mol. The lowest BCUT2D eigenvalue weighted by atomic mass is 9.90. The van der Waals surface area contributed by atoms with Gasteiger partial charge >= 0.3 is 0 Å². The van der Waals surface area contributed by atoms with E-state index in [2.05, 4.69) is 10.1 Å². The zero-order chi connectivity index (χ0) is 24.7. The van der Waals surface area contributed by atoms with Gasteiger partial charge in [-0.2, -0.15) is 5.10 Å². The highest BCUT2D eigenvalue weighted by atomic mass is 19.1. The second-order valence-corrected chi connectivity index (χ2v) is 8.94. The maximum absolute atomic E-state index is 13.2. The minimum atomic E-state index is -1.20. The van der Waals surface area contributed by atoms with E-state index in [0.717, 1.165) is 0 Å². The van der Waals surface area contributed by atoms with Crippen molar-refractivity contribution < 1.29 is 19.1 Å². The van der Waals surface area contributed by atoms with Crippen LogP contribution in [0.5, 0.6) is 0 Å². The summed E-state index contributed by atoms with van der Waals surface area (Å²) in [5.41, 5.74) is -0.655. The second-order valence-electron chi connectivity index (χ2n) is 8.94. The Morgan fingerprint density at radius 3 is 2.54 bits per heavy atom. The first-order valence-corrected chi connectivity index (χ1v) is 11.3. The Balaban J connectivity index is 1.28. The molecule has 0 saturated carbocycles. The van der Waals surface area contributed by atoms with Gasteiger partial charge in [-0.05, 0) is 49.4 Å². The van der Waals surface area contributed by atoms with E-state index in [1.165, 1.54) is 50.9 Å². The first kappa shape index (κ1) is 22.7. The molecule has 0 bridgehead atoms. The molecule has 180 valence electrons. The SMILES string of the molecule is C#CC(=O)N1CC[C@H]1C(=O)N1CCC(O)(Cn2cnc3c(cnn3-c3ccc(F)cc3)c2=O)CC1. The van der Waals surface area contributed by atoms with Gasteiger partial charge in [-0.3, -0.25) is 19.0 Å². The number of hydrogen-bond donors (Lipinski definition) is 1. The largest absolute Gasteiger partial charge is 0.388 e. The molecular formula is C24H23FN6O4. The number of aliphatic hydroxyl groups is 1. The lowest BCUT2D eigenvalue weighted by Gasteiger charge is -2.44. The number of aromatic nitrogens is 4. The van der Waals surface area contributed by atoms with E-state index >= 15 is 0 Å². The number of benzene rings is 1. The number of carbonyl (C=O) groups excluding carboxylic acids is 2. The third-order valence-corrected chi connectivity index (χ3v) is 6.79. The van der Waals surface area contributed by atoms with E-state index in [1.807, 2.05) is 5.92 Å². The van der Waals surface area contributed by atoms with Crippen LogP contribution in [-0.2, 0) is 16.1 Å². The molecule has 1 N–H and O–H groups in total. The Labute approximate surface area is 199 Å². The van der Waals surface area contributed by atoms with Crippen molar-refractivity contribution in [2.45, 2.75) is 37.5 Å². The van der Waals surface area contributed by atoms with Gasteiger partial charge in [0.2, 0.25) is 5.91 Å². The highest BCUT2D eigenvalue weighted by molar-refractivity contribution is 5.97. The number of terminal acetylenes is 1. The summed E-state index contributed by atoms with van der Waals surface area (Å²) in [6.45, 7) is 1.09. The molecule has 1 atom stereocenters. The van der Waals surface area contributed by atoms with E-state index < -0.39 is 17.6 Å². The molecule has 2 aromatic heterocycles. The first-order valence-electron chi connectivity index (χ1n) is 11.3. The van der Waals surface area contributed by atoms with Gasteiger partial charge < -0.3 is 14.9 Å². The average Bonchev–Trinajstić information content (AvgIpc) is 3.26.